The summed E-state index contributed by atoms with van der Waals surface area (Å²) >= 11 is 0. The Morgan fingerprint density at radius 1 is 0.333 bits per heavy atom. The molecule has 5 heteroatoms. The van der Waals surface area contributed by atoms with Crippen LogP contribution in [0, 0.1) is 0 Å². The van der Waals surface area contributed by atoms with Gasteiger partial charge in [0.1, 0.15) is 22.3 Å². The number of hydrogen-bond donors (Lipinski definition) is 0. The Bertz CT molecular complexity index is 2780. The molecule has 7 aromatic carbocycles. The van der Waals surface area contributed by atoms with E-state index < -0.39 is 0 Å². The second kappa shape index (κ2) is 10.5. The van der Waals surface area contributed by atoms with E-state index in [4.69, 9.17) is 23.8 Å². The lowest BCUT2D eigenvalue weighted by Crippen LogP contribution is -2.00. The van der Waals surface area contributed by atoms with Gasteiger partial charge in [-0.15, -0.1) is 0 Å². The predicted molar refractivity (Wildman–Crippen MR) is 194 cm³/mol. The summed E-state index contributed by atoms with van der Waals surface area (Å²) in [6.45, 7) is 0. The summed E-state index contributed by atoms with van der Waals surface area (Å²) in [7, 11) is 0. The quantitative estimate of drug-likeness (QED) is 0.197. The number of aromatic nitrogens is 3. The molecular formula is C43H25N3O2. The first-order valence-corrected chi connectivity index (χ1v) is 15.9. The molecule has 10 aromatic rings. The third kappa shape index (κ3) is 4.15. The molecule has 48 heavy (non-hydrogen) atoms. The molecule has 0 amide bonds. The van der Waals surface area contributed by atoms with Crippen LogP contribution in [0.3, 0.4) is 0 Å². The molecule has 5 nitrogen and oxygen atoms in total. The number of fused-ring (bicyclic) bond motifs is 8. The van der Waals surface area contributed by atoms with E-state index in [-0.39, 0.29) is 0 Å². The molecule has 0 saturated carbocycles. The lowest BCUT2D eigenvalue weighted by Gasteiger charge is -2.09. The van der Waals surface area contributed by atoms with Crippen LogP contribution in [0.25, 0.3) is 99.9 Å². The van der Waals surface area contributed by atoms with Gasteiger partial charge in [0, 0.05) is 43.6 Å². The Labute approximate surface area is 274 Å². The molecule has 0 atom stereocenters. The highest BCUT2D eigenvalue weighted by Crippen LogP contribution is 2.41. The first kappa shape index (κ1) is 26.6. The van der Waals surface area contributed by atoms with Crippen LogP contribution in [-0.2, 0) is 0 Å². The molecule has 3 heterocycles. The lowest BCUT2D eigenvalue weighted by molar-refractivity contribution is 0.669. The molecule has 0 aliphatic rings. The van der Waals surface area contributed by atoms with Crippen molar-refractivity contribution in [2.75, 3.05) is 0 Å². The molecule has 3 aromatic heterocycles. The van der Waals surface area contributed by atoms with Crippen molar-refractivity contribution in [1.29, 1.82) is 0 Å². The second-order valence-corrected chi connectivity index (χ2v) is 12.0. The van der Waals surface area contributed by atoms with Crippen LogP contribution in [0.4, 0.5) is 0 Å². The molecule has 0 aliphatic carbocycles. The number of hydrogen-bond acceptors (Lipinski definition) is 5. The smallest absolute Gasteiger partial charge is 0.164 e. The Kier molecular flexibility index (Phi) is 5.81. The number of para-hydroxylation sites is 1. The summed E-state index contributed by atoms with van der Waals surface area (Å²) < 4.78 is 12.9. The molecule has 0 bridgehead atoms. The average molecular weight is 616 g/mol. The second-order valence-electron chi connectivity index (χ2n) is 12.0. The van der Waals surface area contributed by atoms with Crippen molar-refractivity contribution in [3.8, 4) is 45.3 Å². The van der Waals surface area contributed by atoms with Crippen molar-refractivity contribution in [2.24, 2.45) is 0 Å². The zero-order chi connectivity index (χ0) is 31.6. The van der Waals surface area contributed by atoms with Crippen molar-refractivity contribution in [1.82, 2.24) is 15.0 Å². The number of furan rings is 2. The maximum Gasteiger partial charge on any atom is 0.164 e. The van der Waals surface area contributed by atoms with E-state index >= 15 is 0 Å². The van der Waals surface area contributed by atoms with E-state index in [2.05, 4.69) is 66.7 Å². The van der Waals surface area contributed by atoms with E-state index in [1.165, 1.54) is 0 Å². The lowest BCUT2D eigenvalue weighted by atomic mass is 9.95. The van der Waals surface area contributed by atoms with Crippen LogP contribution in [-0.4, -0.2) is 15.0 Å². The van der Waals surface area contributed by atoms with Crippen molar-refractivity contribution in [3.63, 3.8) is 0 Å². The molecule has 0 fully saturated rings. The standard InChI is InChI=1S/C43H25N3O2/c1-3-11-26(12-4-1)41-44-42(27-13-5-2-6-14-27)46-43(45-41)35-18-10-20-37-39(35)34-22-21-28(25-38(34)47-37)29-16-9-17-32-30(29)23-24-33-31-15-7-8-19-36(31)48-40(32)33/h1-25H. The third-order valence-electron chi connectivity index (χ3n) is 9.15. The monoisotopic (exact) mass is 615 g/mol. The molecule has 0 saturated heterocycles. The van der Waals surface area contributed by atoms with Gasteiger partial charge < -0.3 is 8.83 Å². The summed E-state index contributed by atoms with van der Waals surface area (Å²) in [5, 5.41) is 6.46. The van der Waals surface area contributed by atoms with Gasteiger partial charge in [0.05, 0.1) is 0 Å². The Morgan fingerprint density at radius 3 is 1.71 bits per heavy atom. The van der Waals surface area contributed by atoms with E-state index in [0.29, 0.717) is 17.5 Å². The average Bonchev–Trinajstić information content (AvgIpc) is 3.73. The van der Waals surface area contributed by atoms with Crippen molar-refractivity contribution >= 4 is 54.6 Å². The van der Waals surface area contributed by atoms with Gasteiger partial charge in [-0.1, -0.05) is 121 Å². The largest absolute Gasteiger partial charge is 0.456 e. The van der Waals surface area contributed by atoms with E-state index in [9.17, 15) is 0 Å². The molecule has 10 rings (SSSR count). The summed E-state index contributed by atoms with van der Waals surface area (Å²) in [5.41, 5.74) is 8.35. The first-order chi connectivity index (χ1) is 23.8. The highest BCUT2D eigenvalue weighted by atomic mass is 16.3. The Morgan fingerprint density at radius 2 is 0.917 bits per heavy atom. The van der Waals surface area contributed by atoms with Crippen LogP contribution in [0.2, 0.25) is 0 Å². The van der Waals surface area contributed by atoms with Gasteiger partial charge in [-0.25, -0.2) is 15.0 Å². The van der Waals surface area contributed by atoms with Gasteiger partial charge >= 0.3 is 0 Å². The van der Waals surface area contributed by atoms with Crippen LogP contribution in [0.15, 0.2) is 160 Å². The van der Waals surface area contributed by atoms with E-state index in [0.717, 1.165) is 82.5 Å². The third-order valence-corrected chi connectivity index (χ3v) is 9.15. The number of rotatable bonds is 4. The molecule has 0 aliphatic heterocycles. The predicted octanol–water partition coefficient (Wildman–Crippen LogP) is 11.5. The van der Waals surface area contributed by atoms with Crippen LogP contribution in [0.5, 0.6) is 0 Å². The van der Waals surface area contributed by atoms with E-state index in [1.807, 2.05) is 84.9 Å². The molecule has 0 N–H and O–H groups in total. The van der Waals surface area contributed by atoms with Crippen molar-refractivity contribution < 1.29 is 8.83 Å². The topological polar surface area (TPSA) is 65.0 Å². The fourth-order valence-electron chi connectivity index (χ4n) is 6.90. The molecule has 0 radical (unpaired) electrons. The summed E-state index contributed by atoms with van der Waals surface area (Å²) in [6.07, 6.45) is 0. The van der Waals surface area contributed by atoms with Crippen molar-refractivity contribution in [2.45, 2.75) is 0 Å². The van der Waals surface area contributed by atoms with Crippen molar-refractivity contribution in [3.05, 3.63) is 152 Å². The summed E-state index contributed by atoms with van der Waals surface area (Å²) in [6, 6.07) is 51.6. The normalized spacial score (nSPS) is 11.8. The zero-order valence-corrected chi connectivity index (χ0v) is 25.6. The molecule has 0 spiro atoms. The van der Waals surface area contributed by atoms with Crippen LogP contribution >= 0.6 is 0 Å². The zero-order valence-electron chi connectivity index (χ0n) is 25.6. The highest BCUT2D eigenvalue weighted by molar-refractivity contribution is 6.18. The SMILES string of the molecule is c1ccc(-c2nc(-c3ccccc3)nc(-c3cccc4oc5cc(-c6cccc7c6ccc6c8ccccc8oc76)ccc5c34)n2)cc1. The van der Waals surface area contributed by atoms with Gasteiger partial charge in [-0.05, 0) is 46.8 Å². The maximum absolute atomic E-state index is 6.54. The van der Waals surface area contributed by atoms with E-state index in [1.54, 1.807) is 0 Å². The van der Waals surface area contributed by atoms with Gasteiger partial charge in [0.25, 0.3) is 0 Å². The minimum atomic E-state index is 0.601. The number of nitrogens with zero attached hydrogens (tertiary/aromatic N) is 3. The summed E-state index contributed by atoms with van der Waals surface area (Å²) in [5.74, 6) is 1.85. The molecular weight excluding hydrogens is 590 g/mol. The highest BCUT2D eigenvalue weighted by Gasteiger charge is 2.19. The molecule has 224 valence electrons. The number of benzene rings is 7. The Balaban J connectivity index is 1.15. The minimum Gasteiger partial charge on any atom is -0.456 e. The van der Waals surface area contributed by atoms with Gasteiger partial charge in [-0.2, -0.15) is 0 Å². The first-order valence-electron chi connectivity index (χ1n) is 15.9. The van der Waals surface area contributed by atoms with Gasteiger partial charge in [-0.3, -0.25) is 0 Å². The van der Waals surface area contributed by atoms with Crippen LogP contribution in [0.1, 0.15) is 0 Å². The summed E-state index contributed by atoms with van der Waals surface area (Å²) in [4.78, 5) is 14.9. The maximum atomic E-state index is 6.54. The molecule has 0 unspecified atom stereocenters. The Hall–Kier alpha value is -6.59. The van der Waals surface area contributed by atoms with Gasteiger partial charge in [0.2, 0.25) is 0 Å². The van der Waals surface area contributed by atoms with Crippen LogP contribution < -0.4 is 0 Å². The fraction of sp³-hybridized carbons (Fsp3) is 0. The van der Waals surface area contributed by atoms with Gasteiger partial charge in [0.15, 0.2) is 17.5 Å². The fourth-order valence-corrected chi connectivity index (χ4v) is 6.90. The minimum absolute atomic E-state index is 0.601.